The van der Waals surface area contributed by atoms with Crippen molar-refractivity contribution in [3.8, 4) is 11.5 Å². The third kappa shape index (κ3) is 2.48. The summed E-state index contributed by atoms with van der Waals surface area (Å²) in [7, 11) is 0. The van der Waals surface area contributed by atoms with Crippen LogP contribution < -0.4 is 5.48 Å². The van der Waals surface area contributed by atoms with E-state index in [1.807, 2.05) is 30.6 Å². The summed E-state index contributed by atoms with van der Waals surface area (Å²) in [5.74, 6) is 1.08. The van der Waals surface area contributed by atoms with Crippen LogP contribution in [0.15, 0.2) is 33.8 Å². The van der Waals surface area contributed by atoms with Crippen LogP contribution >= 0.6 is 0 Å². The summed E-state index contributed by atoms with van der Waals surface area (Å²) in [6.07, 6.45) is 1.89. The van der Waals surface area contributed by atoms with Gasteiger partial charge in [0.2, 0.25) is 0 Å². The first-order valence-electron chi connectivity index (χ1n) is 5.19. The van der Waals surface area contributed by atoms with Crippen molar-refractivity contribution in [3.63, 3.8) is 0 Å². The number of aryl methyl sites for hydroxylation is 1. The highest BCUT2D eigenvalue weighted by atomic mass is 16.5. The molecule has 0 bridgehead atoms. The van der Waals surface area contributed by atoms with Gasteiger partial charge in [-0.2, -0.15) is 4.98 Å². The van der Waals surface area contributed by atoms with Gasteiger partial charge in [-0.25, -0.2) is 4.99 Å². The van der Waals surface area contributed by atoms with Crippen molar-refractivity contribution < 1.29 is 9.73 Å². The number of para-hydroxylation sites is 1. The Kier molecular flexibility index (Phi) is 3.46. The average molecular weight is 232 g/mol. The summed E-state index contributed by atoms with van der Waals surface area (Å²) < 4.78 is 5.14. The van der Waals surface area contributed by atoms with Gasteiger partial charge in [0.1, 0.15) is 6.34 Å². The molecule has 0 saturated heterocycles. The fourth-order valence-corrected chi connectivity index (χ4v) is 1.37. The van der Waals surface area contributed by atoms with Gasteiger partial charge in [0.05, 0.1) is 11.3 Å². The smallest absolute Gasteiger partial charge is 0.260 e. The molecule has 2 rings (SSSR count). The van der Waals surface area contributed by atoms with Gasteiger partial charge >= 0.3 is 0 Å². The number of rotatable bonds is 4. The number of aromatic nitrogens is 2. The number of nitrogens with one attached hydrogen (secondary N) is 1. The third-order valence-corrected chi connectivity index (χ3v) is 2.18. The average Bonchev–Trinajstić information content (AvgIpc) is 2.85. The van der Waals surface area contributed by atoms with Crippen molar-refractivity contribution in [2.75, 3.05) is 0 Å². The molecule has 0 aliphatic carbocycles. The van der Waals surface area contributed by atoms with E-state index in [1.165, 1.54) is 6.34 Å². The first-order valence-corrected chi connectivity index (χ1v) is 5.19. The normalized spacial score (nSPS) is 10.9. The van der Waals surface area contributed by atoms with E-state index in [0.717, 1.165) is 5.56 Å². The number of hydroxylamine groups is 1. The molecule has 1 heterocycles. The molecule has 2 N–H and O–H groups in total. The topological polar surface area (TPSA) is 83.5 Å². The SMILES string of the molecule is CCc1noc(-c2ccccc2N=CNO)n1. The highest BCUT2D eigenvalue weighted by Crippen LogP contribution is 2.28. The minimum Gasteiger partial charge on any atom is -0.334 e. The molecule has 1 aromatic carbocycles. The predicted molar refractivity (Wildman–Crippen MR) is 62.2 cm³/mol. The zero-order chi connectivity index (χ0) is 12.1. The van der Waals surface area contributed by atoms with Crippen molar-refractivity contribution >= 4 is 12.0 Å². The van der Waals surface area contributed by atoms with Crippen molar-refractivity contribution in [1.29, 1.82) is 0 Å². The van der Waals surface area contributed by atoms with E-state index in [1.54, 1.807) is 6.07 Å². The number of benzene rings is 1. The van der Waals surface area contributed by atoms with Crippen LogP contribution in [0.1, 0.15) is 12.7 Å². The molecule has 0 atom stereocenters. The standard InChI is InChI=1S/C11H12N4O2/c1-2-10-14-11(17-15-10)8-5-3-4-6-9(8)12-7-13-16/h3-7,16H,2H2,1H3,(H,12,13). The van der Waals surface area contributed by atoms with Crippen LogP contribution in [-0.2, 0) is 6.42 Å². The maximum Gasteiger partial charge on any atom is 0.260 e. The molecule has 0 aliphatic heterocycles. The van der Waals surface area contributed by atoms with Crippen molar-refractivity contribution in [2.24, 2.45) is 4.99 Å². The van der Waals surface area contributed by atoms with E-state index in [4.69, 9.17) is 9.73 Å². The molecule has 0 unspecified atom stereocenters. The maximum atomic E-state index is 8.48. The predicted octanol–water partition coefficient (Wildman–Crippen LogP) is 1.94. The third-order valence-electron chi connectivity index (χ3n) is 2.18. The number of hydrogen-bond acceptors (Lipinski definition) is 5. The molecule has 17 heavy (non-hydrogen) atoms. The van der Waals surface area contributed by atoms with E-state index in [0.29, 0.717) is 23.8 Å². The Morgan fingerprint density at radius 1 is 1.47 bits per heavy atom. The first-order chi connectivity index (χ1) is 8.35. The summed E-state index contributed by atoms with van der Waals surface area (Å²) in [5.41, 5.74) is 3.22. The zero-order valence-electron chi connectivity index (χ0n) is 9.29. The molecule has 0 amide bonds. The fourth-order valence-electron chi connectivity index (χ4n) is 1.37. The Morgan fingerprint density at radius 3 is 3.00 bits per heavy atom. The lowest BCUT2D eigenvalue weighted by Crippen LogP contribution is -2.01. The van der Waals surface area contributed by atoms with Crippen molar-refractivity contribution in [2.45, 2.75) is 13.3 Å². The lowest BCUT2D eigenvalue weighted by molar-refractivity contribution is 0.240. The molecule has 0 spiro atoms. The van der Waals surface area contributed by atoms with Crippen LogP contribution in [0.5, 0.6) is 0 Å². The number of nitrogens with zero attached hydrogens (tertiary/aromatic N) is 3. The van der Waals surface area contributed by atoms with E-state index < -0.39 is 0 Å². The van der Waals surface area contributed by atoms with Crippen LogP contribution in [0, 0.1) is 0 Å². The quantitative estimate of drug-likeness (QED) is 0.478. The molecule has 88 valence electrons. The second kappa shape index (κ2) is 5.22. The molecule has 0 aliphatic rings. The molecule has 1 aromatic heterocycles. The number of hydrogen-bond donors (Lipinski definition) is 2. The Labute approximate surface area is 98.0 Å². The van der Waals surface area contributed by atoms with E-state index in [-0.39, 0.29) is 0 Å². The minimum absolute atomic E-state index is 0.424. The maximum absolute atomic E-state index is 8.48. The van der Waals surface area contributed by atoms with Crippen LogP contribution in [0.2, 0.25) is 0 Å². The summed E-state index contributed by atoms with van der Waals surface area (Å²) in [4.78, 5) is 8.26. The van der Waals surface area contributed by atoms with Gasteiger partial charge in [-0.05, 0) is 12.1 Å². The minimum atomic E-state index is 0.424. The van der Waals surface area contributed by atoms with Crippen molar-refractivity contribution in [1.82, 2.24) is 15.6 Å². The molecule has 2 aromatic rings. The van der Waals surface area contributed by atoms with Crippen molar-refractivity contribution in [3.05, 3.63) is 30.1 Å². The van der Waals surface area contributed by atoms with Gasteiger partial charge < -0.3 is 4.52 Å². The Hall–Kier alpha value is -2.21. The monoisotopic (exact) mass is 232 g/mol. The molecule has 0 radical (unpaired) electrons. The van der Waals surface area contributed by atoms with Gasteiger partial charge in [-0.15, -0.1) is 0 Å². The summed E-state index contributed by atoms with van der Waals surface area (Å²) in [6, 6.07) is 7.32. The van der Waals surface area contributed by atoms with E-state index in [2.05, 4.69) is 15.1 Å². The Bertz CT molecular complexity index is 522. The summed E-state index contributed by atoms with van der Waals surface area (Å²) in [5, 5.41) is 12.3. The molecular weight excluding hydrogens is 220 g/mol. The highest BCUT2D eigenvalue weighted by Gasteiger charge is 2.10. The van der Waals surface area contributed by atoms with Gasteiger partial charge in [-0.3, -0.25) is 10.7 Å². The van der Waals surface area contributed by atoms with Gasteiger partial charge in [0.15, 0.2) is 5.82 Å². The molecular formula is C11H12N4O2. The largest absolute Gasteiger partial charge is 0.334 e. The van der Waals surface area contributed by atoms with Gasteiger partial charge in [0.25, 0.3) is 5.89 Å². The lowest BCUT2D eigenvalue weighted by atomic mass is 10.2. The van der Waals surface area contributed by atoms with E-state index in [9.17, 15) is 0 Å². The summed E-state index contributed by atoms with van der Waals surface area (Å²) in [6.45, 7) is 1.95. The Morgan fingerprint density at radius 2 is 2.29 bits per heavy atom. The van der Waals surface area contributed by atoms with Crippen LogP contribution in [0.4, 0.5) is 5.69 Å². The molecule has 6 nitrogen and oxygen atoms in total. The van der Waals surface area contributed by atoms with E-state index >= 15 is 0 Å². The van der Waals surface area contributed by atoms with Gasteiger partial charge in [-0.1, -0.05) is 24.2 Å². The zero-order valence-corrected chi connectivity index (χ0v) is 9.29. The summed E-state index contributed by atoms with van der Waals surface area (Å²) >= 11 is 0. The fraction of sp³-hybridized carbons (Fsp3) is 0.182. The molecule has 0 fully saturated rings. The second-order valence-electron chi connectivity index (χ2n) is 3.27. The lowest BCUT2D eigenvalue weighted by Gasteiger charge is -1.99. The molecule has 6 heteroatoms. The Balaban J connectivity index is 2.40. The van der Waals surface area contributed by atoms with Crippen LogP contribution in [-0.4, -0.2) is 21.7 Å². The van der Waals surface area contributed by atoms with Gasteiger partial charge in [0, 0.05) is 6.42 Å². The van der Waals surface area contributed by atoms with Crippen LogP contribution in [0.3, 0.4) is 0 Å². The second-order valence-corrected chi connectivity index (χ2v) is 3.27. The molecule has 0 saturated carbocycles. The highest BCUT2D eigenvalue weighted by molar-refractivity contribution is 5.73. The number of aliphatic imine (C=N–C) groups is 1. The first kappa shape index (κ1) is 11.3. The van der Waals surface area contributed by atoms with Crippen LogP contribution in [0.25, 0.3) is 11.5 Å².